The normalized spacial score (nSPS) is 23.1. The van der Waals surface area contributed by atoms with Gasteiger partial charge < -0.3 is 10.6 Å². The van der Waals surface area contributed by atoms with Crippen LogP contribution in [0.15, 0.2) is 12.4 Å². The average Bonchev–Trinajstić information content (AvgIpc) is 2.86. The highest BCUT2D eigenvalue weighted by molar-refractivity contribution is 5.04. The molecule has 2 heterocycles. The van der Waals surface area contributed by atoms with E-state index in [4.69, 9.17) is 5.73 Å². The Morgan fingerprint density at radius 2 is 2.50 bits per heavy atom. The molecule has 0 amide bonds. The van der Waals surface area contributed by atoms with Crippen LogP contribution in [-0.4, -0.2) is 34.3 Å². The molecule has 4 nitrogen and oxygen atoms in total. The van der Waals surface area contributed by atoms with E-state index in [-0.39, 0.29) is 0 Å². The molecule has 0 spiro atoms. The Morgan fingerprint density at radius 1 is 1.64 bits per heavy atom. The lowest BCUT2D eigenvalue weighted by Crippen LogP contribution is -2.21. The molecule has 0 saturated carbocycles. The maximum atomic E-state index is 5.55. The number of hydrogen-bond acceptors (Lipinski definition) is 3. The molecule has 2 rings (SSSR count). The lowest BCUT2D eigenvalue weighted by Gasteiger charge is -2.13. The smallest absolute Gasteiger partial charge is 0.0658 e. The van der Waals surface area contributed by atoms with E-state index in [0.717, 1.165) is 18.7 Å². The van der Waals surface area contributed by atoms with Crippen molar-refractivity contribution >= 4 is 0 Å². The number of hydrogen-bond donors (Lipinski definition) is 1. The third-order valence-electron chi connectivity index (χ3n) is 2.96. The highest BCUT2D eigenvalue weighted by Gasteiger charge is 2.22. The summed E-state index contributed by atoms with van der Waals surface area (Å²) in [6, 6.07) is 0.551. The summed E-state index contributed by atoms with van der Waals surface area (Å²) in [4.78, 5) is 2.45. The predicted octanol–water partition coefficient (Wildman–Crippen LogP) is 0.608. The SMILES string of the molecule is CCN1CCC(n2cc(CN)cn2)C1. The van der Waals surface area contributed by atoms with Gasteiger partial charge in [0.05, 0.1) is 12.2 Å². The van der Waals surface area contributed by atoms with Gasteiger partial charge in [-0.1, -0.05) is 6.92 Å². The van der Waals surface area contributed by atoms with Crippen molar-refractivity contribution in [3.8, 4) is 0 Å². The Kier molecular flexibility index (Phi) is 2.84. The highest BCUT2D eigenvalue weighted by atomic mass is 15.3. The van der Waals surface area contributed by atoms with Crippen molar-refractivity contribution in [2.75, 3.05) is 19.6 Å². The number of rotatable bonds is 3. The molecule has 2 N–H and O–H groups in total. The Bertz CT molecular complexity index is 294. The van der Waals surface area contributed by atoms with Crippen molar-refractivity contribution in [1.82, 2.24) is 14.7 Å². The molecule has 1 aromatic rings. The fourth-order valence-electron chi connectivity index (χ4n) is 2.00. The lowest BCUT2D eigenvalue weighted by atomic mass is 10.3. The summed E-state index contributed by atoms with van der Waals surface area (Å²) < 4.78 is 2.07. The Balaban J connectivity index is 2.02. The minimum Gasteiger partial charge on any atom is -0.326 e. The number of aromatic nitrogens is 2. The first kappa shape index (κ1) is 9.68. The van der Waals surface area contributed by atoms with E-state index in [2.05, 4.69) is 27.8 Å². The van der Waals surface area contributed by atoms with Gasteiger partial charge >= 0.3 is 0 Å². The van der Waals surface area contributed by atoms with Gasteiger partial charge in [-0.2, -0.15) is 5.10 Å². The Morgan fingerprint density at radius 3 is 3.07 bits per heavy atom. The van der Waals surface area contributed by atoms with Gasteiger partial charge in [-0.25, -0.2) is 0 Å². The van der Waals surface area contributed by atoms with Gasteiger partial charge in [0.1, 0.15) is 0 Å². The molecular weight excluding hydrogens is 176 g/mol. The molecule has 1 atom stereocenters. The van der Waals surface area contributed by atoms with Crippen LogP contribution in [0, 0.1) is 0 Å². The zero-order chi connectivity index (χ0) is 9.97. The molecule has 0 bridgehead atoms. The maximum absolute atomic E-state index is 5.55. The van der Waals surface area contributed by atoms with Gasteiger partial charge in [0.2, 0.25) is 0 Å². The van der Waals surface area contributed by atoms with Crippen LogP contribution in [0.3, 0.4) is 0 Å². The minimum atomic E-state index is 0.551. The highest BCUT2D eigenvalue weighted by Crippen LogP contribution is 2.20. The molecule has 1 unspecified atom stereocenters. The summed E-state index contributed by atoms with van der Waals surface area (Å²) >= 11 is 0. The van der Waals surface area contributed by atoms with Crippen molar-refractivity contribution in [1.29, 1.82) is 0 Å². The molecule has 0 aromatic carbocycles. The fraction of sp³-hybridized carbons (Fsp3) is 0.700. The number of likely N-dealkylation sites (tertiary alicyclic amines) is 1. The van der Waals surface area contributed by atoms with Crippen molar-refractivity contribution in [2.24, 2.45) is 5.73 Å². The summed E-state index contributed by atoms with van der Waals surface area (Å²) in [6.45, 7) is 6.25. The van der Waals surface area contributed by atoms with Crippen molar-refractivity contribution in [3.63, 3.8) is 0 Å². The topological polar surface area (TPSA) is 47.1 Å². The zero-order valence-electron chi connectivity index (χ0n) is 8.69. The second-order valence-electron chi connectivity index (χ2n) is 3.87. The maximum Gasteiger partial charge on any atom is 0.0658 e. The summed E-state index contributed by atoms with van der Waals surface area (Å²) in [5, 5.41) is 4.35. The van der Waals surface area contributed by atoms with Crippen LogP contribution in [0.25, 0.3) is 0 Å². The fourth-order valence-corrected chi connectivity index (χ4v) is 2.00. The molecule has 0 aliphatic carbocycles. The van der Waals surface area contributed by atoms with E-state index in [0.29, 0.717) is 12.6 Å². The molecular formula is C10H18N4. The molecule has 14 heavy (non-hydrogen) atoms. The van der Waals surface area contributed by atoms with Crippen molar-refractivity contribution in [3.05, 3.63) is 18.0 Å². The van der Waals surface area contributed by atoms with E-state index in [1.807, 2.05) is 6.20 Å². The molecule has 4 heteroatoms. The second-order valence-corrected chi connectivity index (χ2v) is 3.87. The average molecular weight is 194 g/mol. The first-order chi connectivity index (χ1) is 6.83. The summed E-state index contributed by atoms with van der Waals surface area (Å²) in [5.74, 6) is 0. The molecule has 1 aromatic heterocycles. The number of likely N-dealkylation sites (N-methyl/N-ethyl adjacent to an activating group) is 1. The third kappa shape index (κ3) is 1.81. The second kappa shape index (κ2) is 4.11. The first-order valence-corrected chi connectivity index (χ1v) is 5.29. The van der Waals surface area contributed by atoms with Gasteiger partial charge in [0, 0.05) is 31.4 Å². The molecule has 0 radical (unpaired) electrons. The van der Waals surface area contributed by atoms with Crippen LogP contribution >= 0.6 is 0 Å². The van der Waals surface area contributed by atoms with Crippen LogP contribution in [0.1, 0.15) is 24.9 Å². The van der Waals surface area contributed by atoms with Gasteiger partial charge in [0.15, 0.2) is 0 Å². The largest absolute Gasteiger partial charge is 0.326 e. The Hall–Kier alpha value is -0.870. The van der Waals surface area contributed by atoms with E-state index in [1.54, 1.807) is 0 Å². The van der Waals surface area contributed by atoms with Gasteiger partial charge in [-0.05, 0) is 13.0 Å². The lowest BCUT2D eigenvalue weighted by molar-refractivity contribution is 0.335. The monoisotopic (exact) mass is 194 g/mol. The van der Waals surface area contributed by atoms with Crippen molar-refractivity contribution in [2.45, 2.75) is 25.9 Å². The molecule has 78 valence electrons. The minimum absolute atomic E-state index is 0.551. The van der Waals surface area contributed by atoms with Crippen LogP contribution < -0.4 is 5.73 Å². The van der Waals surface area contributed by atoms with E-state index in [1.165, 1.54) is 13.0 Å². The van der Waals surface area contributed by atoms with Crippen molar-refractivity contribution < 1.29 is 0 Å². The number of nitrogens with zero attached hydrogens (tertiary/aromatic N) is 3. The summed E-state index contributed by atoms with van der Waals surface area (Å²) in [7, 11) is 0. The molecule has 1 aliphatic rings. The standard InChI is InChI=1S/C10H18N4/c1-2-13-4-3-10(8-13)14-7-9(5-11)6-12-14/h6-7,10H,2-5,8,11H2,1H3. The zero-order valence-corrected chi connectivity index (χ0v) is 8.69. The van der Waals surface area contributed by atoms with Crippen LogP contribution in [0.4, 0.5) is 0 Å². The van der Waals surface area contributed by atoms with E-state index in [9.17, 15) is 0 Å². The summed E-state index contributed by atoms with van der Waals surface area (Å²) in [5.41, 5.74) is 6.68. The van der Waals surface area contributed by atoms with Gasteiger partial charge in [-0.3, -0.25) is 4.68 Å². The van der Waals surface area contributed by atoms with Crippen LogP contribution in [-0.2, 0) is 6.54 Å². The predicted molar refractivity (Wildman–Crippen MR) is 55.9 cm³/mol. The Labute approximate surface area is 84.7 Å². The van der Waals surface area contributed by atoms with E-state index < -0.39 is 0 Å². The molecule has 1 aliphatic heterocycles. The van der Waals surface area contributed by atoms with Gasteiger partial charge in [0.25, 0.3) is 0 Å². The first-order valence-electron chi connectivity index (χ1n) is 5.29. The van der Waals surface area contributed by atoms with Gasteiger partial charge in [-0.15, -0.1) is 0 Å². The quantitative estimate of drug-likeness (QED) is 0.767. The summed E-state index contributed by atoms with van der Waals surface area (Å²) in [6.07, 6.45) is 5.15. The van der Waals surface area contributed by atoms with Crippen LogP contribution in [0.2, 0.25) is 0 Å². The molecule has 1 fully saturated rings. The van der Waals surface area contributed by atoms with Crippen LogP contribution in [0.5, 0.6) is 0 Å². The number of nitrogens with two attached hydrogens (primary N) is 1. The van der Waals surface area contributed by atoms with E-state index >= 15 is 0 Å². The molecule has 1 saturated heterocycles. The third-order valence-corrected chi connectivity index (χ3v) is 2.96.